The zero-order valence-corrected chi connectivity index (χ0v) is 28.4. The number of esters is 1. The molecule has 5 aliphatic rings. The number of hydrogen-bond donors (Lipinski definition) is 1. The molecule has 1 N–H and O–H groups in total. The number of hydrogen-bond acceptors (Lipinski definition) is 9. The first-order valence-electron chi connectivity index (χ1n) is 17.5. The third kappa shape index (κ3) is 6.89. The molecule has 2 aliphatic heterocycles. The van der Waals surface area contributed by atoms with Crippen LogP contribution in [0.15, 0.2) is 49.2 Å². The lowest BCUT2D eigenvalue weighted by atomic mass is 9.73. The number of Topliss-reactive ketones (excluding diaryl/α,β-unsaturated/α-hetero) is 1. The summed E-state index contributed by atoms with van der Waals surface area (Å²) in [6, 6.07) is 6.95. The smallest absolute Gasteiger partial charge is 0.306 e. The Labute approximate surface area is 286 Å². The molecule has 1 aromatic heterocycles. The first-order chi connectivity index (χ1) is 23.6. The van der Waals surface area contributed by atoms with E-state index in [2.05, 4.69) is 16.3 Å². The van der Waals surface area contributed by atoms with Gasteiger partial charge in [0.15, 0.2) is 5.78 Å². The Morgan fingerprint density at radius 2 is 1.94 bits per heavy atom. The molecule has 11 nitrogen and oxygen atoms in total. The second-order valence-electron chi connectivity index (χ2n) is 14.4. The Balaban J connectivity index is 1.20. The van der Waals surface area contributed by atoms with Crippen LogP contribution in [0.3, 0.4) is 0 Å². The van der Waals surface area contributed by atoms with Crippen molar-refractivity contribution in [2.75, 3.05) is 13.2 Å². The lowest BCUT2D eigenvalue weighted by Gasteiger charge is -2.36. The number of ether oxygens (including phenoxy) is 2. The monoisotopic (exact) mass is 689 g/mol. The zero-order valence-electron chi connectivity index (χ0n) is 27.6. The fraction of sp³-hybridized carbons (Fsp3) is 0.541. The number of allylic oxidation sites excluding steroid dienone is 2. The van der Waals surface area contributed by atoms with E-state index >= 15 is 0 Å². The average molecular weight is 690 g/mol. The van der Waals surface area contributed by atoms with Crippen molar-refractivity contribution < 1.29 is 37.1 Å². The fourth-order valence-corrected chi connectivity index (χ4v) is 9.00. The summed E-state index contributed by atoms with van der Waals surface area (Å²) in [6.07, 6.45) is 11.8. The maximum atomic E-state index is 14.4. The van der Waals surface area contributed by atoms with Gasteiger partial charge in [-0.05, 0) is 79.9 Å². The minimum atomic E-state index is -3.82. The molecule has 0 radical (unpaired) electrons. The molecule has 4 bridgehead atoms. The molecule has 2 aromatic rings. The molecular formula is C37H43N3O8S. The summed E-state index contributed by atoms with van der Waals surface area (Å²) in [4.78, 5) is 61.3. The van der Waals surface area contributed by atoms with E-state index in [4.69, 9.17) is 9.47 Å². The quantitative estimate of drug-likeness (QED) is 0.312. The molecule has 260 valence electrons. The summed E-state index contributed by atoms with van der Waals surface area (Å²) in [5, 5.41) is 1.15. The van der Waals surface area contributed by atoms with Gasteiger partial charge >= 0.3 is 5.97 Å². The Morgan fingerprint density at radius 3 is 2.65 bits per heavy atom. The van der Waals surface area contributed by atoms with Crippen LogP contribution in [-0.4, -0.2) is 72.4 Å². The van der Waals surface area contributed by atoms with E-state index in [9.17, 15) is 27.6 Å². The van der Waals surface area contributed by atoms with Crippen LogP contribution in [0, 0.1) is 23.2 Å². The van der Waals surface area contributed by atoms with Crippen molar-refractivity contribution in [3.8, 4) is 5.88 Å². The van der Waals surface area contributed by atoms with Gasteiger partial charge in [0.25, 0.3) is 0 Å². The van der Waals surface area contributed by atoms with Crippen molar-refractivity contribution >= 4 is 50.4 Å². The van der Waals surface area contributed by atoms with E-state index in [1.165, 1.54) is 4.90 Å². The number of amides is 2. The number of sulfonamides is 1. The van der Waals surface area contributed by atoms with Gasteiger partial charge in [-0.3, -0.25) is 23.9 Å². The molecule has 0 spiro atoms. The van der Waals surface area contributed by atoms with Gasteiger partial charge in [0, 0.05) is 24.4 Å². The maximum Gasteiger partial charge on any atom is 0.306 e. The summed E-state index contributed by atoms with van der Waals surface area (Å²) < 4.78 is 39.6. The van der Waals surface area contributed by atoms with Gasteiger partial charge < -0.3 is 14.4 Å². The fourth-order valence-electron chi connectivity index (χ4n) is 7.61. The Kier molecular flexibility index (Phi) is 9.10. The van der Waals surface area contributed by atoms with Gasteiger partial charge in [0.05, 0.1) is 42.2 Å². The summed E-state index contributed by atoms with van der Waals surface area (Å²) in [5.74, 6) is -2.39. The number of rotatable bonds is 8. The first-order valence-corrected chi connectivity index (χ1v) is 19.0. The molecule has 3 heterocycles. The van der Waals surface area contributed by atoms with Crippen LogP contribution in [0.1, 0.15) is 76.2 Å². The number of aromatic nitrogens is 1. The topological polar surface area (TPSA) is 149 Å². The molecule has 7 rings (SSSR count). The lowest BCUT2D eigenvalue weighted by molar-refractivity contribution is -0.152. The standard InChI is InChI=1S/C37H43N3O8S/c1-2-26-20-37(26,36(44)39-49(45,46)28-12-13-28)21-32(41)31-18-27-22-40(31)35(43)30(24-8-6-9-24)19-33(42)47-16-5-3-4-7-23-10-11-25-14-15-38-34(48-27)29(25)17-23/h2,4,7,10-11,14-15,17,24,26-28,30-31H,1,3,5-6,8-9,12-13,16,18-22H2,(H,39,44)/b7-4+/t26-,27+,30+,31-,37+/m0/s1. The lowest BCUT2D eigenvalue weighted by Crippen LogP contribution is -2.48. The summed E-state index contributed by atoms with van der Waals surface area (Å²) in [7, 11) is -3.82. The van der Waals surface area contributed by atoms with E-state index in [1.54, 1.807) is 12.3 Å². The summed E-state index contributed by atoms with van der Waals surface area (Å²) in [5.41, 5.74) is -0.296. The van der Waals surface area contributed by atoms with E-state index in [-0.39, 0.29) is 55.9 Å². The number of cyclic esters (lactones) is 1. The van der Waals surface area contributed by atoms with E-state index in [0.29, 0.717) is 38.0 Å². The third-order valence-corrected chi connectivity index (χ3v) is 12.8. The molecule has 2 amide bonds. The normalized spacial score (nSPS) is 30.0. The van der Waals surface area contributed by atoms with Crippen molar-refractivity contribution in [2.24, 2.45) is 23.2 Å². The predicted octanol–water partition coefficient (Wildman–Crippen LogP) is 4.50. The van der Waals surface area contributed by atoms with Gasteiger partial charge in [-0.15, -0.1) is 6.58 Å². The highest BCUT2D eigenvalue weighted by atomic mass is 32.2. The highest BCUT2D eigenvalue weighted by Gasteiger charge is 2.61. The molecular weight excluding hydrogens is 646 g/mol. The molecule has 3 aliphatic carbocycles. The summed E-state index contributed by atoms with van der Waals surface area (Å²) >= 11 is 0. The number of nitrogens with zero attached hydrogens (tertiary/aromatic N) is 2. The number of fused-ring (bicyclic) bond motifs is 3. The van der Waals surface area contributed by atoms with Gasteiger partial charge in [-0.1, -0.05) is 36.8 Å². The highest BCUT2D eigenvalue weighted by Crippen LogP contribution is 2.57. The molecule has 3 saturated carbocycles. The van der Waals surface area contributed by atoms with E-state index in [0.717, 1.165) is 35.6 Å². The number of pyridine rings is 1. The highest BCUT2D eigenvalue weighted by molar-refractivity contribution is 7.90. The van der Waals surface area contributed by atoms with Gasteiger partial charge in [-0.2, -0.15) is 0 Å². The molecule has 4 fully saturated rings. The van der Waals surface area contributed by atoms with Crippen LogP contribution in [-0.2, 0) is 33.9 Å². The molecule has 1 aromatic carbocycles. The van der Waals surface area contributed by atoms with E-state index < -0.39 is 50.6 Å². The van der Waals surface area contributed by atoms with Crippen molar-refractivity contribution in [3.05, 3.63) is 54.8 Å². The SMILES string of the molecule is C=C[C@H]1C[C@]1(CC(=O)[C@@H]1C[C@@H]2CN1C(=O)[C@@H](C1CCC1)CC(=O)OCCC/C=C/c1ccc3ccnc(c3c1)O2)C(=O)NS(=O)(=O)C1CC1. The van der Waals surface area contributed by atoms with Crippen molar-refractivity contribution in [1.29, 1.82) is 0 Å². The van der Waals surface area contributed by atoms with Crippen LogP contribution in [0.4, 0.5) is 0 Å². The number of carbonyl (C=O) groups is 4. The molecule has 0 unspecified atom stereocenters. The van der Waals surface area contributed by atoms with Crippen LogP contribution >= 0.6 is 0 Å². The van der Waals surface area contributed by atoms with Crippen molar-refractivity contribution in [2.45, 2.75) is 88.0 Å². The van der Waals surface area contributed by atoms with Crippen LogP contribution < -0.4 is 9.46 Å². The minimum Gasteiger partial charge on any atom is -0.472 e. The van der Waals surface area contributed by atoms with Gasteiger partial charge in [0.1, 0.15) is 6.10 Å². The van der Waals surface area contributed by atoms with Crippen molar-refractivity contribution in [3.63, 3.8) is 0 Å². The largest absolute Gasteiger partial charge is 0.472 e. The number of benzene rings is 1. The van der Waals surface area contributed by atoms with Crippen LogP contribution in [0.2, 0.25) is 0 Å². The molecule has 1 saturated heterocycles. The second-order valence-corrected chi connectivity index (χ2v) is 16.3. The zero-order chi connectivity index (χ0) is 34.3. The Morgan fingerprint density at radius 1 is 1.12 bits per heavy atom. The third-order valence-electron chi connectivity index (χ3n) is 11.0. The van der Waals surface area contributed by atoms with Crippen LogP contribution in [0.25, 0.3) is 16.8 Å². The average Bonchev–Trinajstić information content (AvgIpc) is 3.98. The Hall–Kier alpha value is -4.06. The summed E-state index contributed by atoms with van der Waals surface area (Å²) in [6.45, 7) is 4.16. The molecule has 49 heavy (non-hydrogen) atoms. The number of nitrogens with one attached hydrogen (secondary N) is 1. The maximum absolute atomic E-state index is 14.4. The number of ketones is 1. The first kappa shape index (κ1) is 33.4. The van der Waals surface area contributed by atoms with Gasteiger partial charge in [0.2, 0.25) is 27.7 Å². The van der Waals surface area contributed by atoms with Crippen LogP contribution in [0.5, 0.6) is 5.88 Å². The molecule has 12 heteroatoms. The van der Waals surface area contributed by atoms with Crippen molar-refractivity contribution in [1.82, 2.24) is 14.6 Å². The minimum absolute atomic E-state index is 0.000725. The van der Waals surface area contributed by atoms with E-state index in [1.807, 2.05) is 36.4 Å². The predicted molar refractivity (Wildman–Crippen MR) is 181 cm³/mol. The number of carbonyl (C=O) groups excluding carboxylic acids is 4. The van der Waals surface area contributed by atoms with Gasteiger partial charge in [-0.25, -0.2) is 13.4 Å². The second kappa shape index (κ2) is 13.3. The Bertz CT molecular complexity index is 1820. The molecule has 5 atom stereocenters.